The fourth-order valence-corrected chi connectivity index (χ4v) is 1.18. The van der Waals surface area contributed by atoms with Gasteiger partial charge in [-0.15, -0.1) is 0 Å². The summed E-state index contributed by atoms with van der Waals surface area (Å²) in [6.45, 7) is 9.70. The van der Waals surface area contributed by atoms with E-state index in [0.717, 1.165) is 6.42 Å². The zero-order valence-corrected chi connectivity index (χ0v) is 9.35. The summed E-state index contributed by atoms with van der Waals surface area (Å²) in [5.74, 6) is 0.511. The highest BCUT2D eigenvalue weighted by Gasteiger charge is 2.23. The standard InChI is InChI=1S/C10H22N2O/c1-7(2)6-8(3)12-9(13)10(4,5)11/h7-8H,6,11H2,1-5H3,(H,12,13). The van der Waals surface area contributed by atoms with Crippen LogP contribution in [0.4, 0.5) is 0 Å². The SMILES string of the molecule is CC(C)CC(C)NC(=O)C(C)(C)N. The van der Waals surface area contributed by atoms with E-state index in [1.165, 1.54) is 0 Å². The third-order valence-corrected chi connectivity index (χ3v) is 1.79. The van der Waals surface area contributed by atoms with Gasteiger partial charge in [-0.3, -0.25) is 4.79 Å². The number of hydrogen-bond donors (Lipinski definition) is 2. The molecule has 0 heterocycles. The summed E-state index contributed by atoms with van der Waals surface area (Å²) in [5, 5.41) is 2.89. The third-order valence-electron chi connectivity index (χ3n) is 1.79. The second-order valence-corrected chi connectivity index (χ2v) is 4.73. The van der Waals surface area contributed by atoms with Crippen LogP contribution in [0.5, 0.6) is 0 Å². The molecular weight excluding hydrogens is 164 g/mol. The lowest BCUT2D eigenvalue weighted by atomic mass is 10.0. The van der Waals surface area contributed by atoms with Gasteiger partial charge in [-0.2, -0.15) is 0 Å². The van der Waals surface area contributed by atoms with Crippen LogP contribution in [0.25, 0.3) is 0 Å². The van der Waals surface area contributed by atoms with Gasteiger partial charge in [-0.05, 0) is 33.1 Å². The first-order chi connectivity index (χ1) is 5.73. The quantitative estimate of drug-likeness (QED) is 0.694. The maximum Gasteiger partial charge on any atom is 0.239 e. The molecule has 1 atom stereocenters. The number of nitrogens with one attached hydrogen (secondary N) is 1. The topological polar surface area (TPSA) is 55.1 Å². The summed E-state index contributed by atoms with van der Waals surface area (Å²) in [6.07, 6.45) is 0.988. The van der Waals surface area contributed by atoms with E-state index in [9.17, 15) is 4.79 Å². The molecule has 13 heavy (non-hydrogen) atoms. The van der Waals surface area contributed by atoms with Gasteiger partial charge in [0.2, 0.25) is 5.91 Å². The lowest BCUT2D eigenvalue weighted by molar-refractivity contribution is -0.125. The third kappa shape index (κ3) is 5.64. The summed E-state index contributed by atoms with van der Waals surface area (Å²) in [5.41, 5.74) is 4.87. The first-order valence-corrected chi connectivity index (χ1v) is 4.83. The van der Waals surface area contributed by atoms with Crippen molar-refractivity contribution in [1.29, 1.82) is 0 Å². The Labute approximate surface area is 81.1 Å². The zero-order valence-electron chi connectivity index (χ0n) is 9.35. The molecule has 0 aromatic carbocycles. The summed E-state index contributed by atoms with van der Waals surface area (Å²) in [7, 11) is 0. The molecule has 1 amide bonds. The average Bonchev–Trinajstić information content (AvgIpc) is 1.82. The van der Waals surface area contributed by atoms with Crippen LogP contribution in [0.3, 0.4) is 0 Å². The molecule has 0 aliphatic carbocycles. The minimum Gasteiger partial charge on any atom is -0.352 e. The molecule has 0 aliphatic heterocycles. The van der Waals surface area contributed by atoms with E-state index in [2.05, 4.69) is 19.2 Å². The fourth-order valence-electron chi connectivity index (χ4n) is 1.18. The van der Waals surface area contributed by atoms with Gasteiger partial charge in [-0.25, -0.2) is 0 Å². The Morgan fingerprint density at radius 2 is 1.85 bits per heavy atom. The lowest BCUT2D eigenvalue weighted by Crippen LogP contribution is -2.51. The van der Waals surface area contributed by atoms with E-state index in [4.69, 9.17) is 5.73 Å². The fraction of sp³-hybridized carbons (Fsp3) is 0.900. The molecule has 3 heteroatoms. The summed E-state index contributed by atoms with van der Waals surface area (Å²) in [4.78, 5) is 11.4. The minimum atomic E-state index is -0.773. The van der Waals surface area contributed by atoms with Crippen LogP contribution < -0.4 is 11.1 Å². The number of nitrogens with two attached hydrogens (primary N) is 1. The summed E-state index contributed by atoms with van der Waals surface area (Å²) < 4.78 is 0. The monoisotopic (exact) mass is 186 g/mol. The Morgan fingerprint density at radius 1 is 1.38 bits per heavy atom. The first-order valence-electron chi connectivity index (χ1n) is 4.83. The Kier molecular flexibility index (Phi) is 4.40. The van der Waals surface area contributed by atoms with Gasteiger partial charge in [0, 0.05) is 6.04 Å². The predicted molar refractivity (Wildman–Crippen MR) is 55.3 cm³/mol. The molecule has 0 aromatic heterocycles. The second kappa shape index (κ2) is 4.61. The molecule has 0 aliphatic rings. The lowest BCUT2D eigenvalue weighted by Gasteiger charge is -2.22. The number of rotatable bonds is 4. The van der Waals surface area contributed by atoms with E-state index in [-0.39, 0.29) is 11.9 Å². The van der Waals surface area contributed by atoms with Gasteiger partial charge in [0.15, 0.2) is 0 Å². The first kappa shape index (κ1) is 12.4. The van der Waals surface area contributed by atoms with Crippen molar-refractivity contribution in [2.45, 2.75) is 52.6 Å². The molecule has 3 N–H and O–H groups in total. The van der Waals surface area contributed by atoms with Crippen molar-refractivity contribution in [1.82, 2.24) is 5.32 Å². The maximum atomic E-state index is 11.4. The normalized spacial score (nSPS) is 14.4. The van der Waals surface area contributed by atoms with Crippen molar-refractivity contribution < 1.29 is 4.79 Å². The molecule has 3 nitrogen and oxygen atoms in total. The maximum absolute atomic E-state index is 11.4. The molecule has 0 rings (SSSR count). The molecule has 0 saturated carbocycles. The Morgan fingerprint density at radius 3 is 2.15 bits per heavy atom. The van der Waals surface area contributed by atoms with Crippen LogP contribution in [0.15, 0.2) is 0 Å². The predicted octanol–water partition coefficient (Wildman–Crippen LogP) is 1.27. The molecule has 0 aromatic rings. The average molecular weight is 186 g/mol. The molecule has 0 fully saturated rings. The van der Waals surface area contributed by atoms with Crippen molar-refractivity contribution in [2.24, 2.45) is 11.7 Å². The number of carbonyl (C=O) groups excluding carboxylic acids is 1. The van der Waals surface area contributed by atoms with Gasteiger partial charge in [-0.1, -0.05) is 13.8 Å². The minimum absolute atomic E-state index is 0.0827. The van der Waals surface area contributed by atoms with Gasteiger partial charge >= 0.3 is 0 Å². The molecule has 0 saturated heterocycles. The highest BCUT2D eigenvalue weighted by Crippen LogP contribution is 2.05. The Balaban J connectivity index is 3.93. The smallest absolute Gasteiger partial charge is 0.239 e. The Bertz CT molecular complexity index is 170. The van der Waals surface area contributed by atoms with Crippen LogP contribution in [0.1, 0.15) is 41.0 Å². The van der Waals surface area contributed by atoms with E-state index in [0.29, 0.717) is 5.92 Å². The van der Waals surface area contributed by atoms with Gasteiger partial charge in [0.05, 0.1) is 5.54 Å². The number of amides is 1. The van der Waals surface area contributed by atoms with Crippen molar-refractivity contribution in [3.8, 4) is 0 Å². The van der Waals surface area contributed by atoms with Crippen LogP contribution >= 0.6 is 0 Å². The molecule has 0 radical (unpaired) electrons. The van der Waals surface area contributed by atoms with Crippen molar-refractivity contribution >= 4 is 5.91 Å². The van der Waals surface area contributed by atoms with E-state index < -0.39 is 5.54 Å². The van der Waals surface area contributed by atoms with Gasteiger partial charge in [0.25, 0.3) is 0 Å². The molecule has 0 bridgehead atoms. The van der Waals surface area contributed by atoms with E-state index >= 15 is 0 Å². The van der Waals surface area contributed by atoms with E-state index in [1.807, 2.05) is 6.92 Å². The second-order valence-electron chi connectivity index (χ2n) is 4.73. The van der Waals surface area contributed by atoms with Crippen molar-refractivity contribution in [3.63, 3.8) is 0 Å². The highest BCUT2D eigenvalue weighted by atomic mass is 16.2. The molecular formula is C10H22N2O. The van der Waals surface area contributed by atoms with Crippen molar-refractivity contribution in [3.05, 3.63) is 0 Å². The van der Waals surface area contributed by atoms with Crippen molar-refractivity contribution in [2.75, 3.05) is 0 Å². The van der Waals surface area contributed by atoms with Gasteiger partial charge < -0.3 is 11.1 Å². The molecule has 78 valence electrons. The largest absolute Gasteiger partial charge is 0.352 e. The zero-order chi connectivity index (χ0) is 10.6. The summed E-state index contributed by atoms with van der Waals surface area (Å²) >= 11 is 0. The van der Waals surface area contributed by atoms with Crippen LogP contribution in [-0.2, 0) is 4.79 Å². The molecule has 1 unspecified atom stereocenters. The van der Waals surface area contributed by atoms with Crippen LogP contribution in [0.2, 0.25) is 0 Å². The van der Waals surface area contributed by atoms with Crippen LogP contribution in [-0.4, -0.2) is 17.5 Å². The number of hydrogen-bond acceptors (Lipinski definition) is 2. The van der Waals surface area contributed by atoms with E-state index in [1.54, 1.807) is 13.8 Å². The Hall–Kier alpha value is -0.570. The number of carbonyl (C=O) groups is 1. The highest BCUT2D eigenvalue weighted by molar-refractivity contribution is 5.85. The summed E-state index contributed by atoms with van der Waals surface area (Å²) in [6, 6.07) is 0.204. The van der Waals surface area contributed by atoms with Crippen LogP contribution in [0, 0.1) is 5.92 Å². The van der Waals surface area contributed by atoms with Gasteiger partial charge in [0.1, 0.15) is 0 Å². The molecule has 0 spiro atoms.